The maximum absolute atomic E-state index is 13.6. The summed E-state index contributed by atoms with van der Waals surface area (Å²) >= 11 is 3.35. The number of halogens is 1. The fourth-order valence-electron chi connectivity index (χ4n) is 4.42. The predicted octanol–water partition coefficient (Wildman–Crippen LogP) is 4.12. The van der Waals surface area contributed by atoms with Crippen molar-refractivity contribution < 1.29 is 29.2 Å². The highest BCUT2D eigenvalue weighted by Crippen LogP contribution is 2.48. The van der Waals surface area contributed by atoms with Gasteiger partial charge >= 0.3 is 0 Å². The van der Waals surface area contributed by atoms with Gasteiger partial charge in [0, 0.05) is 16.6 Å². The van der Waals surface area contributed by atoms with Crippen molar-refractivity contribution in [3.63, 3.8) is 0 Å². The number of carbonyl (C=O) groups is 2. The third kappa shape index (κ3) is 3.78. The number of phenolic OH excluding ortho intramolecular Hbond substituents is 1. The smallest absolute Gasteiger partial charge is 0.269 e. The van der Waals surface area contributed by atoms with Crippen LogP contribution >= 0.6 is 15.9 Å². The molecule has 2 fully saturated rings. The summed E-state index contributed by atoms with van der Waals surface area (Å²) in [6, 6.07) is 16.3. The Bertz CT molecular complexity index is 1330. The minimum Gasteiger partial charge on any atom is -0.504 e. The number of phenols is 1. The zero-order valence-corrected chi connectivity index (χ0v) is 19.8. The number of fused-ring (bicyclic) bond motifs is 1. The number of methoxy groups -OCH3 is 1. The molecule has 10 nitrogen and oxygen atoms in total. The summed E-state index contributed by atoms with van der Waals surface area (Å²) in [4.78, 5) is 44.7. The van der Waals surface area contributed by atoms with Crippen molar-refractivity contribution in [2.75, 3.05) is 17.1 Å². The van der Waals surface area contributed by atoms with Gasteiger partial charge in [-0.1, -0.05) is 22.0 Å². The maximum atomic E-state index is 13.6. The first-order chi connectivity index (χ1) is 16.8. The van der Waals surface area contributed by atoms with Gasteiger partial charge in [-0.15, -0.1) is 0 Å². The normalized spacial score (nSPS) is 21.4. The molecule has 0 saturated carbocycles. The molecule has 0 radical (unpaired) electrons. The molecule has 0 bridgehead atoms. The lowest BCUT2D eigenvalue weighted by Gasteiger charge is -2.29. The van der Waals surface area contributed by atoms with Crippen LogP contribution in [0.2, 0.25) is 0 Å². The van der Waals surface area contributed by atoms with Gasteiger partial charge in [-0.2, -0.15) is 0 Å². The number of benzene rings is 3. The van der Waals surface area contributed by atoms with E-state index in [0.717, 1.165) is 9.37 Å². The lowest BCUT2D eigenvalue weighted by Crippen LogP contribution is -2.37. The van der Waals surface area contributed by atoms with Crippen molar-refractivity contribution in [2.24, 2.45) is 5.92 Å². The van der Waals surface area contributed by atoms with Crippen LogP contribution in [0, 0.1) is 16.0 Å². The van der Waals surface area contributed by atoms with E-state index in [4.69, 9.17) is 9.57 Å². The van der Waals surface area contributed by atoms with Crippen LogP contribution in [-0.2, 0) is 14.4 Å². The first-order valence-corrected chi connectivity index (χ1v) is 11.3. The van der Waals surface area contributed by atoms with Gasteiger partial charge < -0.3 is 9.84 Å². The van der Waals surface area contributed by atoms with Crippen LogP contribution in [0.1, 0.15) is 11.6 Å². The van der Waals surface area contributed by atoms with E-state index in [1.54, 1.807) is 36.4 Å². The second-order valence-corrected chi connectivity index (χ2v) is 8.93. The summed E-state index contributed by atoms with van der Waals surface area (Å²) in [6.45, 7) is 0. The van der Waals surface area contributed by atoms with Gasteiger partial charge in [0.05, 0.1) is 29.4 Å². The van der Waals surface area contributed by atoms with Crippen molar-refractivity contribution in [1.82, 2.24) is 0 Å². The number of anilines is 2. The predicted molar refractivity (Wildman–Crippen MR) is 128 cm³/mol. The first-order valence-electron chi connectivity index (χ1n) is 10.5. The maximum Gasteiger partial charge on any atom is 0.269 e. The van der Waals surface area contributed by atoms with Gasteiger partial charge in [0.2, 0.25) is 5.91 Å². The molecule has 0 spiro atoms. The molecule has 2 heterocycles. The van der Waals surface area contributed by atoms with Crippen LogP contribution in [0.4, 0.5) is 17.1 Å². The molecule has 3 atom stereocenters. The Kier molecular flexibility index (Phi) is 5.65. The zero-order chi connectivity index (χ0) is 24.9. The molecule has 3 aromatic rings. The van der Waals surface area contributed by atoms with Gasteiger partial charge in [0.15, 0.2) is 17.6 Å². The molecular formula is C24H18BrN3O7. The number of imide groups is 1. The van der Waals surface area contributed by atoms with E-state index in [0.29, 0.717) is 16.9 Å². The average molecular weight is 540 g/mol. The molecule has 2 amide bonds. The Morgan fingerprint density at radius 2 is 1.66 bits per heavy atom. The van der Waals surface area contributed by atoms with Gasteiger partial charge in [-0.05, 0) is 54.1 Å². The highest BCUT2D eigenvalue weighted by molar-refractivity contribution is 9.10. The van der Waals surface area contributed by atoms with Crippen LogP contribution in [0.25, 0.3) is 0 Å². The average Bonchev–Trinajstić information content (AvgIpc) is 3.36. The van der Waals surface area contributed by atoms with Gasteiger partial charge in [0.1, 0.15) is 5.92 Å². The van der Waals surface area contributed by atoms with Crippen molar-refractivity contribution in [3.8, 4) is 11.5 Å². The summed E-state index contributed by atoms with van der Waals surface area (Å²) in [6.07, 6.45) is -1.11. The second-order valence-electron chi connectivity index (χ2n) is 8.02. The summed E-state index contributed by atoms with van der Waals surface area (Å²) in [7, 11) is 1.40. The number of hydrogen-bond acceptors (Lipinski definition) is 8. The minimum absolute atomic E-state index is 0.0843. The quantitative estimate of drug-likeness (QED) is 0.291. The molecule has 178 valence electrons. The van der Waals surface area contributed by atoms with E-state index in [1.165, 1.54) is 42.5 Å². The second kappa shape index (κ2) is 8.67. The number of ether oxygens (including phenoxy) is 1. The van der Waals surface area contributed by atoms with Crippen molar-refractivity contribution >= 4 is 44.8 Å². The Hall–Kier alpha value is -3.96. The molecule has 3 unspecified atom stereocenters. The fraction of sp³-hybridized carbons (Fsp3) is 0.167. The fourth-order valence-corrected chi connectivity index (χ4v) is 4.69. The van der Waals surface area contributed by atoms with Crippen LogP contribution < -0.4 is 14.7 Å². The van der Waals surface area contributed by atoms with Crippen molar-refractivity contribution in [2.45, 2.75) is 12.1 Å². The van der Waals surface area contributed by atoms with Gasteiger partial charge in [-0.3, -0.25) is 24.5 Å². The third-order valence-corrected chi connectivity index (χ3v) is 6.59. The highest BCUT2D eigenvalue weighted by Gasteiger charge is 2.60. The lowest BCUT2D eigenvalue weighted by atomic mass is 9.90. The number of nitro groups is 1. The Morgan fingerprint density at radius 1 is 1.00 bits per heavy atom. The molecular weight excluding hydrogens is 522 g/mol. The highest BCUT2D eigenvalue weighted by atomic mass is 79.9. The standard InChI is InChI=1S/C24H18BrN3O7/c1-34-19-12-13(2-11-18(19)29)21-20-22(35-27(21)16-7-9-17(10-8-16)28(32)33)24(31)26(23(20)30)15-5-3-14(25)4-6-15/h2-12,20-22,29H,1H3. The molecule has 1 N–H and O–H groups in total. The molecule has 5 rings (SSSR count). The summed E-state index contributed by atoms with van der Waals surface area (Å²) in [5.74, 6) is -1.75. The summed E-state index contributed by atoms with van der Waals surface area (Å²) < 4.78 is 6.04. The summed E-state index contributed by atoms with van der Waals surface area (Å²) in [5, 5.41) is 22.6. The number of amides is 2. The molecule has 3 aromatic carbocycles. The van der Waals surface area contributed by atoms with E-state index in [9.17, 15) is 24.8 Å². The minimum atomic E-state index is -1.11. The van der Waals surface area contributed by atoms with Gasteiger partial charge in [0.25, 0.3) is 11.6 Å². The lowest BCUT2D eigenvalue weighted by molar-refractivity contribution is -0.384. The van der Waals surface area contributed by atoms with Crippen molar-refractivity contribution in [3.05, 3.63) is 86.9 Å². The number of hydrogen-bond donors (Lipinski definition) is 1. The number of rotatable bonds is 5. The Balaban J connectivity index is 1.59. The summed E-state index contributed by atoms with van der Waals surface area (Å²) in [5.41, 5.74) is 1.30. The number of hydroxylamine groups is 1. The first kappa shape index (κ1) is 22.8. The number of nitro benzene ring substituents is 1. The third-order valence-electron chi connectivity index (χ3n) is 6.06. The molecule has 2 aliphatic rings. The van der Waals surface area contributed by atoms with E-state index in [2.05, 4.69) is 15.9 Å². The van der Waals surface area contributed by atoms with E-state index in [1.807, 2.05) is 0 Å². The Labute approximate surface area is 207 Å². The van der Waals surface area contributed by atoms with E-state index < -0.39 is 34.8 Å². The zero-order valence-electron chi connectivity index (χ0n) is 18.2. The number of non-ortho nitro benzene ring substituents is 1. The molecule has 11 heteroatoms. The number of carbonyl (C=O) groups excluding carboxylic acids is 2. The van der Waals surface area contributed by atoms with E-state index >= 15 is 0 Å². The van der Waals surface area contributed by atoms with Crippen LogP contribution in [0.15, 0.2) is 71.2 Å². The molecule has 2 aliphatic heterocycles. The largest absolute Gasteiger partial charge is 0.504 e. The van der Waals surface area contributed by atoms with Gasteiger partial charge in [-0.25, -0.2) is 9.96 Å². The number of nitrogens with zero attached hydrogens (tertiary/aromatic N) is 3. The topological polar surface area (TPSA) is 122 Å². The van der Waals surface area contributed by atoms with Crippen LogP contribution in [0.5, 0.6) is 11.5 Å². The Morgan fingerprint density at radius 3 is 2.29 bits per heavy atom. The number of aromatic hydroxyl groups is 1. The monoisotopic (exact) mass is 539 g/mol. The SMILES string of the molecule is COc1cc(C2C3C(=O)N(c4ccc(Br)cc4)C(=O)C3ON2c2ccc([N+](=O)[O-])cc2)ccc1O. The van der Waals surface area contributed by atoms with Crippen LogP contribution in [0.3, 0.4) is 0 Å². The van der Waals surface area contributed by atoms with E-state index in [-0.39, 0.29) is 17.2 Å². The van der Waals surface area contributed by atoms with Crippen LogP contribution in [-0.4, -0.2) is 35.1 Å². The molecule has 2 saturated heterocycles. The molecule has 35 heavy (non-hydrogen) atoms. The molecule has 0 aromatic heterocycles. The molecule has 0 aliphatic carbocycles. The van der Waals surface area contributed by atoms with Crippen molar-refractivity contribution in [1.29, 1.82) is 0 Å².